The highest BCUT2D eigenvalue weighted by molar-refractivity contribution is 7.26. The van der Waals surface area contributed by atoms with Crippen LogP contribution in [-0.2, 0) is 5.41 Å². The standard InChI is InChI=1S/C36H29N2S/c1-4-36(5-2)23(3)37-21-11-10-14-31(37)29-22-24(17-20-30(29)36)38-32-15-8-6-12-25(32)27-18-19-28-26-13-7-9-16-33(26)39-35(28)34(27)38/h6-22H,3-5H2,1-2H3/q+1. The van der Waals surface area contributed by atoms with Gasteiger partial charge >= 0.3 is 0 Å². The Labute approximate surface area is 232 Å². The number of hydrogen-bond acceptors (Lipinski definition) is 1. The lowest BCUT2D eigenvalue weighted by atomic mass is 9.69. The summed E-state index contributed by atoms with van der Waals surface area (Å²) in [6, 6.07) is 35.9. The molecule has 0 saturated carbocycles. The Kier molecular flexibility index (Phi) is 4.75. The van der Waals surface area contributed by atoms with E-state index in [1.807, 2.05) is 11.3 Å². The minimum atomic E-state index is -0.0769. The summed E-state index contributed by atoms with van der Waals surface area (Å²) < 4.78 is 7.50. The molecule has 0 atom stereocenters. The van der Waals surface area contributed by atoms with E-state index in [-0.39, 0.29) is 5.41 Å². The first-order valence-electron chi connectivity index (χ1n) is 13.9. The Morgan fingerprint density at radius 2 is 1.51 bits per heavy atom. The molecule has 0 bridgehead atoms. The number of para-hydroxylation sites is 1. The number of thiophene rings is 1. The summed E-state index contributed by atoms with van der Waals surface area (Å²) in [6.45, 7) is 9.21. The van der Waals surface area contributed by atoms with Crippen LogP contribution in [0.25, 0.3) is 64.6 Å². The van der Waals surface area contributed by atoms with E-state index in [0.717, 1.165) is 12.8 Å². The van der Waals surface area contributed by atoms with Gasteiger partial charge in [0.1, 0.15) is 0 Å². The molecule has 0 N–H and O–H groups in total. The van der Waals surface area contributed by atoms with Crippen molar-refractivity contribution < 1.29 is 4.57 Å². The molecule has 4 heterocycles. The zero-order valence-electron chi connectivity index (χ0n) is 22.2. The topological polar surface area (TPSA) is 8.81 Å². The number of allylic oxidation sites excluding steroid dienone is 1. The number of rotatable bonds is 3. The number of hydrogen-bond donors (Lipinski definition) is 0. The maximum absolute atomic E-state index is 4.62. The third kappa shape index (κ3) is 2.89. The fraction of sp³-hybridized carbons (Fsp3) is 0.139. The van der Waals surface area contributed by atoms with Gasteiger partial charge in [0.05, 0.1) is 26.7 Å². The molecule has 39 heavy (non-hydrogen) atoms. The molecule has 7 aromatic rings. The molecule has 3 aromatic heterocycles. The zero-order chi connectivity index (χ0) is 26.3. The summed E-state index contributed by atoms with van der Waals surface area (Å²) in [5, 5.41) is 5.27. The number of aromatic nitrogens is 2. The molecule has 8 rings (SSSR count). The van der Waals surface area contributed by atoms with Crippen LogP contribution in [0.2, 0.25) is 0 Å². The van der Waals surface area contributed by atoms with E-state index in [1.165, 1.54) is 70.2 Å². The second kappa shape index (κ2) is 8.14. The molecule has 188 valence electrons. The molecule has 0 radical (unpaired) electrons. The monoisotopic (exact) mass is 521 g/mol. The lowest BCUT2D eigenvalue weighted by molar-refractivity contribution is -0.577. The van der Waals surface area contributed by atoms with E-state index in [4.69, 9.17) is 0 Å². The predicted molar refractivity (Wildman–Crippen MR) is 167 cm³/mol. The van der Waals surface area contributed by atoms with Crippen LogP contribution >= 0.6 is 11.3 Å². The Morgan fingerprint density at radius 1 is 0.769 bits per heavy atom. The first-order chi connectivity index (χ1) is 19.2. The summed E-state index contributed by atoms with van der Waals surface area (Å²) in [7, 11) is 0. The van der Waals surface area contributed by atoms with Crippen molar-refractivity contribution >= 4 is 59.0 Å². The minimum Gasteiger partial charge on any atom is -0.308 e. The van der Waals surface area contributed by atoms with Gasteiger partial charge in [-0.15, -0.1) is 11.3 Å². The van der Waals surface area contributed by atoms with Gasteiger partial charge < -0.3 is 4.57 Å². The maximum Gasteiger partial charge on any atom is 0.218 e. The van der Waals surface area contributed by atoms with Crippen molar-refractivity contribution in [3.63, 3.8) is 0 Å². The van der Waals surface area contributed by atoms with Crippen molar-refractivity contribution in [1.82, 2.24) is 4.57 Å². The first kappa shape index (κ1) is 22.7. The van der Waals surface area contributed by atoms with E-state index >= 15 is 0 Å². The molecule has 1 aliphatic rings. The van der Waals surface area contributed by atoms with Crippen LogP contribution < -0.4 is 4.57 Å². The Balaban J connectivity index is 1.51. The molecular formula is C36H29N2S+. The second-order valence-electron chi connectivity index (χ2n) is 10.7. The third-order valence-electron chi connectivity index (χ3n) is 9.14. The third-order valence-corrected chi connectivity index (χ3v) is 10.3. The molecular weight excluding hydrogens is 492 g/mol. The molecule has 1 aliphatic heterocycles. The number of nitrogens with zero attached hydrogens (tertiary/aromatic N) is 2. The van der Waals surface area contributed by atoms with Gasteiger partial charge in [-0.05, 0) is 55.3 Å². The van der Waals surface area contributed by atoms with E-state index in [2.05, 4.69) is 133 Å². The van der Waals surface area contributed by atoms with Crippen LogP contribution in [0.15, 0.2) is 110 Å². The summed E-state index contributed by atoms with van der Waals surface area (Å²) in [4.78, 5) is 0. The number of fused-ring (bicyclic) bond motifs is 10. The van der Waals surface area contributed by atoms with Crippen molar-refractivity contribution in [1.29, 1.82) is 0 Å². The van der Waals surface area contributed by atoms with Crippen LogP contribution in [0.4, 0.5) is 0 Å². The number of benzene rings is 4. The van der Waals surface area contributed by atoms with Gasteiger partial charge in [0.15, 0.2) is 11.9 Å². The highest BCUT2D eigenvalue weighted by Crippen LogP contribution is 2.48. The van der Waals surface area contributed by atoms with E-state index in [1.54, 1.807) is 0 Å². The minimum absolute atomic E-state index is 0.0769. The molecule has 3 heteroatoms. The summed E-state index contributed by atoms with van der Waals surface area (Å²) in [5.74, 6) is 0. The molecule has 0 aliphatic carbocycles. The van der Waals surface area contributed by atoms with Gasteiger partial charge in [0.25, 0.3) is 0 Å². The lowest BCUT2D eigenvalue weighted by Crippen LogP contribution is -2.48. The van der Waals surface area contributed by atoms with Crippen molar-refractivity contribution in [3.05, 3.63) is 115 Å². The summed E-state index contributed by atoms with van der Waals surface area (Å²) >= 11 is 1.90. The average molecular weight is 522 g/mol. The highest BCUT2D eigenvalue weighted by Gasteiger charge is 2.45. The molecule has 0 amide bonds. The van der Waals surface area contributed by atoms with Crippen molar-refractivity contribution in [2.24, 2.45) is 0 Å². The molecule has 0 saturated heterocycles. The highest BCUT2D eigenvalue weighted by atomic mass is 32.1. The van der Waals surface area contributed by atoms with Crippen LogP contribution in [0.5, 0.6) is 0 Å². The first-order valence-corrected chi connectivity index (χ1v) is 14.7. The SMILES string of the molecule is C=C1[n+]2ccccc2-c2cc(-n3c4ccccc4c4ccc5c6ccccc6sc5c43)ccc2C1(CC)CC. The smallest absolute Gasteiger partial charge is 0.218 e. The zero-order valence-corrected chi connectivity index (χ0v) is 23.1. The van der Waals surface area contributed by atoms with Gasteiger partial charge in [0, 0.05) is 44.1 Å². The molecule has 0 fully saturated rings. The normalized spacial score (nSPS) is 14.4. The van der Waals surface area contributed by atoms with Gasteiger partial charge in [-0.25, -0.2) is 0 Å². The fourth-order valence-electron chi connectivity index (χ4n) is 7.12. The molecule has 0 unspecified atom stereocenters. The summed E-state index contributed by atoms with van der Waals surface area (Å²) in [5.41, 5.74) is 8.75. The van der Waals surface area contributed by atoms with E-state index in [9.17, 15) is 0 Å². The molecule has 0 spiro atoms. The van der Waals surface area contributed by atoms with Gasteiger partial charge in [-0.3, -0.25) is 0 Å². The quantitative estimate of drug-likeness (QED) is 0.205. The second-order valence-corrected chi connectivity index (χ2v) is 11.8. The van der Waals surface area contributed by atoms with Crippen LogP contribution in [0.1, 0.15) is 32.3 Å². The van der Waals surface area contributed by atoms with Gasteiger partial charge in [-0.2, -0.15) is 4.57 Å². The Bertz CT molecular complexity index is 2120. The molecule has 2 nitrogen and oxygen atoms in total. The Morgan fingerprint density at radius 3 is 2.36 bits per heavy atom. The predicted octanol–water partition coefficient (Wildman–Crippen LogP) is 9.65. The molecule has 4 aromatic carbocycles. The largest absolute Gasteiger partial charge is 0.308 e. The van der Waals surface area contributed by atoms with Crippen LogP contribution in [0, 0.1) is 0 Å². The van der Waals surface area contributed by atoms with Crippen molar-refractivity contribution in [3.8, 4) is 16.9 Å². The Hall–Kier alpha value is -4.21. The van der Waals surface area contributed by atoms with Gasteiger partial charge in [0.2, 0.25) is 5.69 Å². The van der Waals surface area contributed by atoms with Crippen molar-refractivity contribution in [2.45, 2.75) is 32.1 Å². The number of pyridine rings is 1. The van der Waals surface area contributed by atoms with Crippen LogP contribution in [-0.4, -0.2) is 4.57 Å². The van der Waals surface area contributed by atoms with Crippen LogP contribution in [0.3, 0.4) is 0 Å². The van der Waals surface area contributed by atoms with Crippen molar-refractivity contribution in [2.75, 3.05) is 0 Å². The van der Waals surface area contributed by atoms with E-state index < -0.39 is 0 Å². The van der Waals surface area contributed by atoms with E-state index in [0.29, 0.717) is 0 Å². The lowest BCUT2D eigenvalue weighted by Gasteiger charge is -2.35. The van der Waals surface area contributed by atoms with Gasteiger partial charge in [-0.1, -0.05) is 68.4 Å². The summed E-state index contributed by atoms with van der Waals surface area (Å²) in [6.07, 6.45) is 4.22. The fourth-order valence-corrected chi connectivity index (χ4v) is 8.36. The maximum atomic E-state index is 4.62. The average Bonchev–Trinajstić information content (AvgIpc) is 3.54.